The zero-order chi connectivity index (χ0) is 24.5. The molecule has 1 N–H and O–H groups in total. The summed E-state index contributed by atoms with van der Waals surface area (Å²) >= 11 is 0. The molecule has 0 spiro atoms. The third kappa shape index (κ3) is 4.36. The van der Waals surface area contributed by atoms with Gasteiger partial charge in [-0.15, -0.1) is 0 Å². The molecule has 0 radical (unpaired) electrons. The molecular formula is C26H23N7O3. The maximum Gasteiger partial charge on any atom is 0.209 e. The fourth-order valence-electron chi connectivity index (χ4n) is 4.31. The van der Waals surface area contributed by atoms with E-state index in [0.29, 0.717) is 24.7 Å². The lowest BCUT2D eigenvalue weighted by atomic mass is 10.2. The summed E-state index contributed by atoms with van der Waals surface area (Å²) in [5.74, 6) is 2.83. The van der Waals surface area contributed by atoms with E-state index < -0.39 is 0 Å². The molecule has 1 amide bonds. The van der Waals surface area contributed by atoms with E-state index in [2.05, 4.69) is 25.4 Å². The molecule has 10 heteroatoms. The van der Waals surface area contributed by atoms with E-state index in [0.717, 1.165) is 52.1 Å². The lowest BCUT2D eigenvalue weighted by Gasteiger charge is -2.15. The van der Waals surface area contributed by atoms with Gasteiger partial charge in [0, 0.05) is 36.3 Å². The third-order valence-electron chi connectivity index (χ3n) is 6.15. The van der Waals surface area contributed by atoms with E-state index in [9.17, 15) is 4.79 Å². The van der Waals surface area contributed by atoms with Crippen LogP contribution < -0.4 is 14.8 Å². The number of carbonyl (C=O) groups excluding carboxylic acids is 1. The van der Waals surface area contributed by atoms with Crippen LogP contribution >= 0.6 is 0 Å². The predicted octanol–water partition coefficient (Wildman–Crippen LogP) is 4.13. The number of pyridine rings is 1. The van der Waals surface area contributed by atoms with Gasteiger partial charge in [-0.1, -0.05) is 0 Å². The molecule has 1 unspecified atom stereocenters. The Morgan fingerprint density at radius 3 is 2.83 bits per heavy atom. The number of aromatic nitrogens is 5. The second kappa shape index (κ2) is 9.14. The van der Waals surface area contributed by atoms with Gasteiger partial charge in [0.05, 0.1) is 12.1 Å². The first kappa shape index (κ1) is 21.8. The van der Waals surface area contributed by atoms with Crippen LogP contribution in [0.25, 0.3) is 16.6 Å². The normalized spacial score (nSPS) is 15.4. The quantitative estimate of drug-likeness (QED) is 0.346. The maximum absolute atomic E-state index is 11.0. The average molecular weight is 482 g/mol. The standard InChI is InChI=1S/C26H23N7O3/c1-17-10-18(2-5-24(17)36-20-7-9-33-25(12-20)28-15-30-33)31-26-22-11-19(3-4-23(22)27-14-29-26)35-21-6-8-32(13-21)16-34/h2-5,7,9-12,14-16,21H,6,8,13H2,1H3,(H,27,29,31). The molecule has 1 fully saturated rings. The van der Waals surface area contributed by atoms with Crippen LogP contribution in [0.2, 0.25) is 0 Å². The topological polar surface area (TPSA) is 107 Å². The molecule has 1 aliphatic heterocycles. The summed E-state index contributed by atoms with van der Waals surface area (Å²) in [5, 5.41) is 8.35. The van der Waals surface area contributed by atoms with Crippen molar-refractivity contribution in [3.8, 4) is 17.2 Å². The minimum absolute atomic E-state index is 0.0191. The van der Waals surface area contributed by atoms with Crippen molar-refractivity contribution < 1.29 is 14.3 Å². The smallest absolute Gasteiger partial charge is 0.209 e. The summed E-state index contributed by atoms with van der Waals surface area (Å²) < 4.78 is 13.9. The fourth-order valence-corrected chi connectivity index (χ4v) is 4.31. The Hall–Kier alpha value is -4.73. The van der Waals surface area contributed by atoms with Gasteiger partial charge in [-0.3, -0.25) is 4.79 Å². The van der Waals surface area contributed by atoms with Crippen LogP contribution in [0.4, 0.5) is 11.5 Å². The zero-order valence-corrected chi connectivity index (χ0v) is 19.5. The molecule has 0 bridgehead atoms. The molecular weight excluding hydrogens is 458 g/mol. The van der Waals surface area contributed by atoms with E-state index in [1.807, 2.05) is 61.7 Å². The number of aryl methyl sites for hydroxylation is 1. The molecule has 10 nitrogen and oxygen atoms in total. The molecule has 180 valence electrons. The van der Waals surface area contributed by atoms with Gasteiger partial charge < -0.3 is 19.7 Å². The third-order valence-corrected chi connectivity index (χ3v) is 6.15. The number of nitrogens with one attached hydrogen (secondary N) is 1. The van der Waals surface area contributed by atoms with Crippen molar-refractivity contribution in [1.29, 1.82) is 0 Å². The number of fused-ring (bicyclic) bond motifs is 2. The monoisotopic (exact) mass is 481 g/mol. The largest absolute Gasteiger partial charge is 0.488 e. The molecule has 0 aliphatic carbocycles. The number of hydrogen-bond donors (Lipinski definition) is 1. The van der Waals surface area contributed by atoms with E-state index in [4.69, 9.17) is 9.47 Å². The number of likely N-dealkylation sites (tertiary alicyclic amines) is 1. The Bertz CT molecular complexity index is 1570. The van der Waals surface area contributed by atoms with Gasteiger partial charge in [0.25, 0.3) is 0 Å². The molecule has 0 saturated carbocycles. The fraction of sp³-hybridized carbons (Fsp3) is 0.192. The number of carbonyl (C=O) groups is 1. The number of benzene rings is 2. The summed E-state index contributed by atoms with van der Waals surface area (Å²) in [6.45, 7) is 3.30. The van der Waals surface area contributed by atoms with Crippen molar-refractivity contribution >= 4 is 34.5 Å². The van der Waals surface area contributed by atoms with Crippen molar-refractivity contribution in [2.24, 2.45) is 0 Å². The molecule has 1 saturated heterocycles. The Morgan fingerprint density at radius 2 is 1.97 bits per heavy atom. The van der Waals surface area contributed by atoms with Crippen LogP contribution in [-0.2, 0) is 4.79 Å². The van der Waals surface area contributed by atoms with Crippen LogP contribution in [0.1, 0.15) is 12.0 Å². The van der Waals surface area contributed by atoms with Crippen LogP contribution in [0.3, 0.4) is 0 Å². The highest BCUT2D eigenvalue weighted by Gasteiger charge is 2.23. The van der Waals surface area contributed by atoms with Gasteiger partial charge in [-0.25, -0.2) is 19.5 Å². The van der Waals surface area contributed by atoms with Crippen molar-refractivity contribution in [2.75, 3.05) is 18.4 Å². The number of amides is 1. The first-order chi connectivity index (χ1) is 17.6. The SMILES string of the molecule is Cc1cc(Nc2ncnc3ccc(OC4CCN(C=O)C4)cc23)ccc1Oc1ccn2ncnc2c1. The zero-order valence-electron chi connectivity index (χ0n) is 19.5. The summed E-state index contributed by atoms with van der Waals surface area (Å²) in [5.41, 5.74) is 3.36. The molecule has 5 aromatic rings. The summed E-state index contributed by atoms with van der Waals surface area (Å²) in [4.78, 5) is 25.8. The molecule has 2 aromatic carbocycles. The highest BCUT2D eigenvalue weighted by atomic mass is 16.5. The molecule has 1 atom stereocenters. The Labute approximate surface area is 206 Å². The highest BCUT2D eigenvalue weighted by Crippen LogP contribution is 2.31. The number of rotatable bonds is 7. The minimum atomic E-state index is -0.0191. The van der Waals surface area contributed by atoms with Gasteiger partial charge >= 0.3 is 0 Å². The highest BCUT2D eigenvalue weighted by molar-refractivity contribution is 5.91. The summed E-state index contributed by atoms with van der Waals surface area (Å²) in [7, 11) is 0. The van der Waals surface area contributed by atoms with Crippen LogP contribution in [0, 0.1) is 6.92 Å². The van der Waals surface area contributed by atoms with E-state index in [1.165, 1.54) is 12.7 Å². The molecule has 1 aliphatic rings. The van der Waals surface area contributed by atoms with Crippen LogP contribution in [0.5, 0.6) is 17.2 Å². The van der Waals surface area contributed by atoms with Gasteiger partial charge in [-0.05, 0) is 55.0 Å². The second-order valence-corrected chi connectivity index (χ2v) is 8.66. The van der Waals surface area contributed by atoms with Crippen LogP contribution in [0.15, 0.2) is 67.4 Å². The predicted molar refractivity (Wildman–Crippen MR) is 134 cm³/mol. The van der Waals surface area contributed by atoms with Gasteiger partial charge in [-0.2, -0.15) is 5.10 Å². The lowest BCUT2D eigenvalue weighted by Crippen LogP contribution is -2.23. The number of ether oxygens (including phenoxy) is 2. The van der Waals surface area contributed by atoms with Crippen molar-refractivity contribution in [1.82, 2.24) is 29.5 Å². The Balaban J connectivity index is 1.21. The van der Waals surface area contributed by atoms with Crippen molar-refractivity contribution in [3.63, 3.8) is 0 Å². The average Bonchev–Trinajstić information content (AvgIpc) is 3.55. The van der Waals surface area contributed by atoms with Gasteiger partial charge in [0.2, 0.25) is 6.41 Å². The molecule has 3 aromatic heterocycles. The van der Waals surface area contributed by atoms with E-state index in [-0.39, 0.29) is 6.10 Å². The van der Waals surface area contributed by atoms with Gasteiger partial charge in [0.15, 0.2) is 5.65 Å². The van der Waals surface area contributed by atoms with E-state index in [1.54, 1.807) is 9.42 Å². The molecule has 6 rings (SSSR count). The summed E-state index contributed by atoms with van der Waals surface area (Å²) in [6.07, 6.45) is 6.52. The van der Waals surface area contributed by atoms with E-state index >= 15 is 0 Å². The maximum atomic E-state index is 11.0. The van der Waals surface area contributed by atoms with Crippen molar-refractivity contribution in [3.05, 3.63) is 72.9 Å². The Kier molecular flexibility index (Phi) is 5.53. The van der Waals surface area contributed by atoms with Crippen LogP contribution in [-0.4, -0.2) is 55.1 Å². The number of nitrogens with zero attached hydrogens (tertiary/aromatic N) is 6. The first-order valence-corrected chi connectivity index (χ1v) is 11.6. The van der Waals surface area contributed by atoms with Gasteiger partial charge in [0.1, 0.15) is 41.8 Å². The minimum Gasteiger partial charge on any atom is -0.488 e. The second-order valence-electron chi connectivity index (χ2n) is 8.66. The number of anilines is 2. The molecule has 36 heavy (non-hydrogen) atoms. The summed E-state index contributed by atoms with van der Waals surface area (Å²) in [6, 6.07) is 15.3. The first-order valence-electron chi connectivity index (χ1n) is 11.6. The van der Waals surface area contributed by atoms with Crippen molar-refractivity contribution in [2.45, 2.75) is 19.4 Å². The lowest BCUT2D eigenvalue weighted by molar-refractivity contribution is -0.117. The Morgan fingerprint density at radius 1 is 1.03 bits per heavy atom. The molecule has 4 heterocycles. The number of hydrogen-bond acceptors (Lipinski definition) is 8.